The zero-order valence-corrected chi connectivity index (χ0v) is 25.3. The minimum atomic E-state index is -3.83. The van der Waals surface area contributed by atoms with Gasteiger partial charge in [0.25, 0.3) is 0 Å². The van der Waals surface area contributed by atoms with Gasteiger partial charge in [-0.1, -0.05) is 74.8 Å². The molecule has 0 radical (unpaired) electrons. The van der Waals surface area contributed by atoms with Crippen LogP contribution in [0.15, 0.2) is 69.3 Å². The Labute approximate surface area is 233 Å². The number of sulfonamides is 1. The summed E-state index contributed by atoms with van der Waals surface area (Å²) in [6, 6.07) is 17.0. The maximum absolute atomic E-state index is 13.9. The predicted octanol–water partition coefficient (Wildman–Crippen LogP) is 6.63. The van der Waals surface area contributed by atoms with Gasteiger partial charge in [-0.05, 0) is 70.2 Å². The monoisotopic (exact) mass is 602 g/mol. The van der Waals surface area contributed by atoms with Crippen LogP contribution in [0.1, 0.15) is 62.2 Å². The summed E-state index contributed by atoms with van der Waals surface area (Å²) in [5.74, 6) is -0.105. The van der Waals surface area contributed by atoms with Crippen molar-refractivity contribution in [2.24, 2.45) is 5.92 Å². The Balaban J connectivity index is 1.67. The molecule has 1 aromatic heterocycles. The largest absolute Gasteiger partial charge is 0.330 e. The standard InChI is InChI=1S/C29H35BrN2O3S2/c1-20(2)18-31(37(34,35)24-12-10-23(30)11-13-24)19-27(33)32-16-14-26-25(15-17-36-26)28(32)21-6-8-22(9-7-21)29(3,4)5/h6-13,15,17,20,28H,14,16,18-19H2,1-5H3. The van der Waals surface area contributed by atoms with Crippen LogP contribution in [0.25, 0.3) is 0 Å². The second-order valence-electron chi connectivity index (χ2n) is 11.1. The summed E-state index contributed by atoms with van der Waals surface area (Å²) in [6.07, 6.45) is 0.777. The molecule has 1 aliphatic heterocycles. The fraction of sp³-hybridized carbons (Fsp3) is 0.414. The average Bonchev–Trinajstić information content (AvgIpc) is 3.31. The van der Waals surface area contributed by atoms with Crippen LogP contribution in [-0.4, -0.2) is 43.2 Å². The number of carbonyl (C=O) groups excluding carboxylic acids is 1. The number of hydrogen-bond acceptors (Lipinski definition) is 4. The van der Waals surface area contributed by atoms with Crippen LogP contribution in [0.4, 0.5) is 0 Å². The summed E-state index contributed by atoms with van der Waals surface area (Å²) in [5, 5.41) is 2.08. The normalized spacial score (nSPS) is 16.3. The Morgan fingerprint density at radius 2 is 1.73 bits per heavy atom. The van der Waals surface area contributed by atoms with Crippen molar-refractivity contribution in [1.82, 2.24) is 9.21 Å². The van der Waals surface area contributed by atoms with Crippen molar-refractivity contribution >= 4 is 43.2 Å². The van der Waals surface area contributed by atoms with Gasteiger partial charge in [0.15, 0.2) is 0 Å². The van der Waals surface area contributed by atoms with E-state index in [0.29, 0.717) is 6.54 Å². The minimum Gasteiger partial charge on any atom is -0.330 e. The number of fused-ring (bicyclic) bond motifs is 1. The van der Waals surface area contributed by atoms with E-state index in [1.807, 2.05) is 18.7 Å². The quantitative estimate of drug-likeness (QED) is 0.305. The molecule has 1 atom stereocenters. The number of carbonyl (C=O) groups is 1. The highest BCUT2D eigenvalue weighted by atomic mass is 79.9. The topological polar surface area (TPSA) is 57.7 Å². The molecule has 1 unspecified atom stereocenters. The second-order valence-corrected chi connectivity index (χ2v) is 14.9. The van der Waals surface area contributed by atoms with Crippen molar-refractivity contribution in [2.75, 3.05) is 19.6 Å². The Bertz CT molecular complexity index is 1340. The number of halogens is 1. The number of amides is 1. The van der Waals surface area contributed by atoms with E-state index >= 15 is 0 Å². The van der Waals surface area contributed by atoms with E-state index in [0.717, 1.165) is 22.0 Å². The van der Waals surface area contributed by atoms with Crippen LogP contribution in [0.5, 0.6) is 0 Å². The summed E-state index contributed by atoms with van der Waals surface area (Å²) < 4.78 is 29.3. The van der Waals surface area contributed by atoms with Gasteiger partial charge in [0, 0.05) is 22.4 Å². The van der Waals surface area contributed by atoms with Crippen LogP contribution in [-0.2, 0) is 26.7 Å². The molecule has 4 rings (SSSR count). The summed E-state index contributed by atoms with van der Waals surface area (Å²) >= 11 is 5.09. The highest BCUT2D eigenvalue weighted by Crippen LogP contribution is 2.38. The Morgan fingerprint density at radius 1 is 1.08 bits per heavy atom. The zero-order chi connectivity index (χ0) is 27.0. The molecule has 1 aliphatic rings. The molecule has 0 saturated carbocycles. The van der Waals surface area contributed by atoms with Crippen molar-refractivity contribution in [3.05, 3.63) is 86.0 Å². The van der Waals surface area contributed by atoms with E-state index in [4.69, 9.17) is 0 Å². The lowest BCUT2D eigenvalue weighted by Crippen LogP contribution is -2.47. The first-order valence-corrected chi connectivity index (χ1v) is 15.7. The van der Waals surface area contributed by atoms with Crippen molar-refractivity contribution in [1.29, 1.82) is 0 Å². The molecular weight excluding hydrogens is 568 g/mol. The lowest BCUT2D eigenvalue weighted by Gasteiger charge is -2.38. The maximum atomic E-state index is 13.9. The molecule has 5 nitrogen and oxygen atoms in total. The average molecular weight is 604 g/mol. The lowest BCUT2D eigenvalue weighted by atomic mass is 9.85. The number of hydrogen-bond donors (Lipinski definition) is 0. The fourth-order valence-electron chi connectivity index (χ4n) is 4.76. The van der Waals surface area contributed by atoms with E-state index in [2.05, 4.69) is 72.4 Å². The molecule has 0 spiro atoms. The minimum absolute atomic E-state index is 0.0346. The maximum Gasteiger partial charge on any atom is 0.243 e. The van der Waals surface area contributed by atoms with Crippen LogP contribution < -0.4 is 0 Å². The summed E-state index contributed by atoms with van der Waals surface area (Å²) in [5.41, 5.74) is 3.46. The lowest BCUT2D eigenvalue weighted by molar-refractivity contribution is -0.133. The van der Waals surface area contributed by atoms with E-state index in [-0.39, 0.29) is 41.3 Å². The number of thiophene rings is 1. The molecule has 0 N–H and O–H groups in total. The van der Waals surface area contributed by atoms with Crippen LogP contribution in [0.3, 0.4) is 0 Å². The van der Waals surface area contributed by atoms with Crippen molar-refractivity contribution in [2.45, 2.75) is 57.4 Å². The molecular formula is C29H35BrN2O3S2. The third-order valence-electron chi connectivity index (χ3n) is 6.71. The van der Waals surface area contributed by atoms with E-state index in [1.165, 1.54) is 14.7 Å². The highest BCUT2D eigenvalue weighted by molar-refractivity contribution is 9.10. The van der Waals surface area contributed by atoms with E-state index < -0.39 is 10.0 Å². The van der Waals surface area contributed by atoms with Gasteiger partial charge in [0.1, 0.15) is 0 Å². The molecule has 198 valence electrons. The van der Waals surface area contributed by atoms with Gasteiger partial charge >= 0.3 is 0 Å². The van der Waals surface area contributed by atoms with Gasteiger partial charge in [-0.3, -0.25) is 4.79 Å². The Morgan fingerprint density at radius 3 is 2.32 bits per heavy atom. The van der Waals surface area contributed by atoms with Crippen LogP contribution >= 0.6 is 27.3 Å². The molecule has 2 aromatic carbocycles. The van der Waals surface area contributed by atoms with Gasteiger partial charge in [-0.2, -0.15) is 4.31 Å². The summed E-state index contributed by atoms with van der Waals surface area (Å²) in [6.45, 7) is 11.1. The van der Waals surface area contributed by atoms with Gasteiger partial charge < -0.3 is 4.90 Å². The molecule has 37 heavy (non-hydrogen) atoms. The first kappa shape index (κ1) is 28.0. The van der Waals surface area contributed by atoms with Gasteiger partial charge in [-0.25, -0.2) is 8.42 Å². The Hall–Kier alpha value is -2.00. The molecule has 8 heteroatoms. The van der Waals surface area contributed by atoms with E-state index in [1.54, 1.807) is 35.6 Å². The fourth-order valence-corrected chi connectivity index (χ4v) is 7.48. The third kappa shape index (κ3) is 6.19. The first-order chi connectivity index (χ1) is 17.4. The molecule has 2 heterocycles. The Kier molecular flexibility index (Phi) is 8.34. The first-order valence-electron chi connectivity index (χ1n) is 12.6. The van der Waals surface area contributed by atoms with Crippen LogP contribution in [0.2, 0.25) is 0 Å². The smallest absolute Gasteiger partial charge is 0.243 e. The summed E-state index contributed by atoms with van der Waals surface area (Å²) in [7, 11) is -3.83. The van der Waals surface area contributed by atoms with Crippen LogP contribution in [0, 0.1) is 5.92 Å². The molecule has 0 fully saturated rings. The third-order valence-corrected chi connectivity index (χ3v) is 10.1. The van der Waals surface area contributed by atoms with E-state index in [9.17, 15) is 13.2 Å². The predicted molar refractivity (Wildman–Crippen MR) is 154 cm³/mol. The summed E-state index contributed by atoms with van der Waals surface area (Å²) in [4.78, 5) is 17.2. The van der Waals surface area contributed by atoms with Crippen molar-refractivity contribution in [3.63, 3.8) is 0 Å². The van der Waals surface area contributed by atoms with Gasteiger partial charge in [-0.15, -0.1) is 11.3 Å². The zero-order valence-electron chi connectivity index (χ0n) is 22.1. The van der Waals surface area contributed by atoms with Gasteiger partial charge in [0.05, 0.1) is 17.5 Å². The second kappa shape index (κ2) is 11.0. The molecule has 3 aromatic rings. The molecule has 0 aliphatic carbocycles. The SMILES string of the molecule is CC(C)CN(CC(=O)N1CCc2sccc2C1c1ccc(C(C)(C)C)cc1)S(=O)(=O)c1ccc(Br)cc1. The molecule has 1 amide bonds. The van der Waals surface area contributed by atoms with Crippen molar-refractivity contribution < 1.29 is 13.2 Å². The highest BCUT2D eigenvalue weighted by Gasteiger charge is 2.36. The van der Waals surface area contributed by atoms with Crippen molar-refractivity contribution in [3.8, 4) is 0 Å². The molecule has 0 bridgehead atoms. The molecule has 0 saturated heterocycles. The number of benzene rings is 2. The number of nitrogens with zero attached hydrogens (tertiary/aromatic N) is 2. The number of rotatable bonds is 7. The van der Waals surface area contributed by atoms with Gasteiger partial charge in [0.2, 0.25) is 15.9 Å².